The first-order chi connectivity index (χ1) is 13.1. The first-order valence-corrected chi connectivity index (χ1v) is 9.58. The molecule has 1 atom stereocenters. The summed E-state index contributed by atoms with van der Waals surface area (Å²) in [6.07, 6.45) is 4.97. The van der Waals surface area contributed by atoms with E-state index in [0.717, 1.165) is 42.5 Å². The minimum atomic E-state index is 0.00107. The maximum atomic E-state index is 12.8. The van der Waals surface area contributed by atoms with Gasteiger partial charge in [-0.3, -0.25) is 9.48 Å². The Hall–Kier alpha value is -2.88. The second-order valence-electron chi connectivity index (χ2n) is 7.43. The molecule has 1 aliphatic rings. The van der Waals surface area contributed by atoms with Gasteiger partial charge in [-0.05, 0) is 50.3 Å². The van der Waals surface area contributed by atoms with Crippen molar-refractivity contribution in [3.05, 3.63) is 88.2 Å². The Labute approximate surface area is 160 Å². The molecule has 0 fully saturated rings. The minimum absolute atomic E-state index is 0.00107. The maximum Gasteiger partial charge on any atom is 0.252 e. The van der Waals surface area contributed by atoms with Crippen molar-refractivity contribution in [1.29, 1.82) is 0 Å². The summed E-state index contributed by atoms with van der Waals surface area (Å²) >= 11 is 0. The molecule has 0 saturated carbocycles. The van der Waals surface area contributed by atoms with Gasteiger partial charge in [0.1, 0.15) is 0 Å². The third-order valence-electron chi connectivity index (χ3n) is 5.37. The monoisotopic (exact) mass is 359 g/mol. The van der Waals surface area contributed by atoms with E-state index in [1.165, 1.54) is 16.8 Å². The lowest BCUT2D eigenvalue weighted by Crippen LogP contribution is -2.31. The number of rotatable bonds is 4. The molecule has 4 nitrogen and oxygen atoms in total. The molecule has 1 N–H and O–H groups in total. The van der Waals surface area contributed by atoms with Crippen LogP contribution in [0.4, 0.5) is 0 Å². The van der Waals surface area contributed by atoms with Crippen LogP contribution in [0.15, 0.2) is 54.7 Å². The van der Waals surface area contributed by atoms with E-state index in [2.05, 4.69) is 45.4 Å². The fourth-order valence-electron chi connectivity index (χ4n) is 3.97. The molecule has 1 aliphatic carbocycles. The summed E-state index contributed by atoms with van der Waals surface area (Å²) in [6, 6.07) is 16.4. The molecule has 4 rings (SSSR count). The Bertz CT molecular complexity index is 959. The summed E-state index contributed by atoms with van der Waals surface area (Å²) in [5.41, 5.74) is 6.59. The van der Waals surface area contributed by atoms with Crippen molar-refractivity contribution in [2.24, 2.45) is 0 Å². The quantitative estimate of drug-likeness (QED) is 0.752. The summed E-state index contributed by atoms with van der Waals surface area (Å²) in [5.74, 6) is 0.00107. The van der Waals surface area contributed by atoms with Gasteiger partial charge in [-0.1, -0.05) is 48.0 Å². The maximum absolute atomic E-state index is 12.8. The summed E-state index contributed by atoms with van der Waals surface area (Å²) in [6.45, 7) is 4.81. The van der Waals surface area contributed by atoms with Gasteiger partial charge in [-0.15, -0.1) is 0 Å². The fraction of sp³-hybridized carbons (Fsp3) is 0.304. The van der Waals surface area contributed by atoms with Crippen LogP contribution in [0.5, 0.6) is 0 Å². The van der Waals surface area contributed by atoms with Crippen LogP contribution >= 0.6 is 0 Å². The Balaban J connectivity index is 1.54. The number of hydrogen-bond donors (Lipinski definition) is 1. The number of aromatic nitrogens is 2. The summed E-state index contributed by atoms with van der Waals surface area (Å²) in [4.78, 5) is 12.8. The lowest BCUT2D eigenvalue weighted by atomic mass is 9.92. The standard InChI is InChI=1S/C23H25N3O/c1-16-11-12-19(17(2)13-16)23(27)25-21-9-6-10-22-20(21)14-24-26(22)15-18-7-4-3-5-8-18/h3-5,7-8,11-14,21H,6,9-10,15H2,1-2H3,(H,25,27)/t21-/m1/s1. The van der Waals surface area contributed by atoms with Crippen molar-refractivity contribution in [2.75, 3.05) is 0 Å². The molecule has 0 saturated heterocycles. The molecule has 1 amide bonds. The number of nitrogens with one attached hydrogen (secondary N) is 1. The Morgan fingerprint density at radius 2 is 2.00 bits per heavy atom. The highest BCUT2D eigenvalue weighted by atomic mass is 16.1. The predicted octanol–water partition coefficient (Wildman–Crippen LogP) is 4.36. The fourth-order valence-corrected chi connectivity index (χ4v) is 3.97. The number of benzene rings is 2. The molecule has 0 bridgehead atoms. The molecule has 0 radical (unpaired) electrons. The molecule has 138 valence electrons. The highest BCUT2D eigenvalue weighted by molar-refractivity contribution is 5.96. The highest BCUT2D eigenvalue weighted by Crippen LogP contribution is 2.30. The molecule has 3 aromatic rings. The zero-order chi connectivity index (χ0) is 18.8. The van der Waals surface area contributed by atoms with Crippen molar-refractivity contribution in [3.63, 3.8) is 0 Å². The van der Waals surface area contributed by atoms with Crippen LogP contribution in [0.1, 0.15) is 57.2 Å². The normalized spacial score (nSPS) is 16.0. The molecule has 2 aromatic carbocycles. The number of carbonyl (C=O) groups excluding carboxylic acids is 1. The molecule has 1 aromatic heterocycles. The van der Waals surface area contributed by atoms with Crippen LogP contribution < -0.4 is 5.32 Å². The molecular formula is C23H25N3O. The molecule has 27 heavy (non-hydrogen) atoms. The first-order valence-electron chi connectivity index (χ1n) is 9.58. The van der Waals surface area contributed by atoms with Gasteiger partial charge in [-0.25, -0.2) is 0 Å². The largest absolute Gasteiger partial charge is 0.345 e. The topological polar surface area (TPSA) is 46.9 Å². The van der Waals surface area contributed by atoms with Crippen LogP contribution in [-0.2, 0) is 13.0 Å². The van der Waals surface area contributed by atoms with Crippen LogP contribution in [0, 0.1) is 13.8 Å². The molecular weight excluding hydrogens is 334 g/mol. The zero-order valence-electron chi connectivity index (χ0n) is 15.9. The molecule has 4 heteroatoms. The van der Waals surface area contributed by atoms with E-state index >= 15 is 0 Å². The summed E-state index contributed by atoms with van der Waals surface area (Å²) in [7, 11) is 0. The molecule has 1 heterocycles. The smallest absolute Gasteiger partial charge is 0.252 e. The third-order valence-corrected chi connectivity index (χ3v) is 5.37. The van der Waals surface area contributed by atoms with E-state index in [4.69, 9.17) is 0 Å². The number of fused-ring (bicyclic) bond motifs is 1. The van der Waals surface area contributed by atoms with Gasteiger partial charge in [0.2, 0.25) is 0 Å². The highest BCUT2D eigenvalue weighted by Gasteiger charge is 2.26. The van der Waals surface area contributed by atoms with Gasteiger partial charge in [0, 0.05) is 16.8 Å². The van der Waals surface area contributed by atoms with Crippen molar-refractivity contribution < 1.29 is 4.79 Å². The van der Waals surface area contributed by atoms with Crippen molar-refractivity contribution in [1.82, 2.24) is 15.1 Å². The number of nitrogens with zero attached hydrogens (tertiary/aromatic N) is 2. The van der Waals surface area contributed by atoms with Gasteiger partial charge in [0.25, 0.3) is 5.91 Å². The van der Waals surface area contributed by atoms with E-state index in [-0.39, 0.29) is 11.9 Å². The van der Waals surface area contributed by atoms with Crippen molar-refractivity contribution in [3.8, 4) is 0 Å². The molecule has 0 spiro atoms. The number of hydrogen-bond acceptors (Lipinski definition) is 2. The van der Waals surface area contributed by atoms with E-state index in [0.29, 0.717) is 0 Å². The van der Waals surface area contributed by atoms with Crippen LogP contribution in [0.25, 0.3) is 0 Å². The Morgan fingerprint density at radius 3 is 2.78 bits per heavy atom. The van der Waals surface area contributed by atoms with Crippen LogP contribution in [-0.4, -0.2) is 15.7 Å². The van der Waals surface area contributed by atoms with Gasteiger partial charge < -0.3 is 5.32 Å². The number of amides is 1. The van der Waals surface area contributed by atoms with E-state index in [1.54, 1.807) is 0 Å². The lowest BCUT2D eigenvalue weighted by Gasteiger charge is -2.24. The SMILES string of the molecule is Cc1ccc(C(=O)N[C@@H]2CCCc3c2cnn3Cc2ccccc2)c(C)c1. The average molecular weight is 359 g/mol. The van der Waals surface area contributed by atoms with E-state index in [1.807, 2.05) is 38.2 Å². The van der Waals surface area contributed by atoms with Crippen LogP contribution in [0.2, 0.25) is 0 Å². The zero-order valence-corrected chi connectivity index (χ0v) is 15.9. The summed E-state index contributed by atoms with van der Waals surface area (Å²) < 4.78 is 2.08. The lowest BCUT2D eigenvalue weighted by molar-refractivity contribution is 0.0932. The summed E-state index contributed by atoms with van der Waals surface area (Å²) in [5, 5.41) is 7.85. The Morgan fingerprint density at radius 1 is 1.19 bits per heavy atom. The molecule has 0 aliphatic heterocycles. The van der Waals surface area contributed by atoms with Gasteiger partial charge in [0.05, 0.1) is 18.8 Å². The Kier molecular flexibility index (Phi) is 4.80. The van der Waals surface area contributed by atoms with Gasteiger partial charge >= 0.3 is 0 Å². The second-order valence-corrected chi connectivity index (χ2v) is 7.43. The van der Waals surface area contributed by atoms with Crippen molar-refractivity contribution in [2.45, 2.75) is 45.7 Å². The van der Waals surface area contributed by atoms with E-state index in [9.17, 15) is 4.79 Å². The molecule has 0 unspecified atom stereocenters. The second kappa shape index (κ2) is 7.39. The van der Waals surface area contributed by atoms with E-state index < -0.39 is 0 Å². The van der Waals surface area contributed by atoms with Gasteiger partial charge in [0.15, 0.2) is 0 Å². The third kappa shape index (κ3) is 3.65. The van der Waals surface area contributed by atoms with Gasteiger partial charge in [-0.2, -0.15) is 5.10 Å². The number of carbonyl (C=O) groups is 1. The van der Waals surface area contributed by atoms with Crippen LogP contribution in [0.3, 0.4) is 0 Å². The predicted molar refractivity (Wildman–Crippen MR) is 107 cm³/mol. The average Bonchev–Trinajstić information content (AvgIpc) is 3.06. The minimum Gasteiger partial charge on any atom is -0.345 e. The van der Waals surface area contributed by atoms with Crippen molar-refractivity contribution >= 4 is 5.91 Å². The number of aryl methyl sites for hydroxylation is 2. The first kappa shape index (κ1) is 17.5.